The summed E-state index contributed by atoms with van der Waals surface area (Å²) in [6.45, 7) is 6.90. The van der Waals surface area contributed by atoms with E-state index in [1.165, 1.54) is 0 Å². The summed E-state index contributed by atoms with van der Waals surface area (Å²) in [6, 6.07) is 0. The summed E-state index contributed by atoms with van der Waals surface area (Å²) in [6.07, 6.45) is 0. The third kappa shape index (κ3) is 7.94. The van der Waals surface area contributed by atoms with Gasteiger partial charge < -0.3 is 10.1 Å². The van der Waals surface area contributed by atoms with Crippen LogP contribution >= 0.6 is 12.1 Å². The number of rotatable bonds is 1. The molecule has 0 aromatic carbocycles. The molecule has 0 aromatic rings. The highest BCUT2D eigenvalue weighted by Gasteiger charge is 1.92. The first-order valence-electron chi connectivity index (χ1n) is 3.08. The highest BCUT2D eigenvalue weighted by Crippen LogP contribution is 1.96. The molecule has 0 spiro atoms. The van der Waals surface area contributed by atoms with Crippen LogP contribution in [0.4, 0.5) is 3.89 Å². The zero-order valence-electron chi connectivity index (χ0n) is 5.81. The summed E-state index contributed by atoms with van der Waals surface area (Å²) in [5.74, 6) is 0. The lowest BCUT2D eigenvalue weighted by Gasteiger charge is -2.10. The van der Waals surface area contributed by atoms with E-state index in [-0.39, 0.29) is 12.1 Å². The van der Waals surface area contributed by atoms with E-state index < -0.39 is 0 Å². The highest BCUT2D eigenvalue weighted by atomic mass is 32.2. The Morgan fingerprint density at radius 2 is 2.00 bits per heavy atom. The van der Waals surface area contributed by atoms with Crippen LogP contribution in [-0.2, 0) is 4.74 Å². The van der Waals surface area contributed by atoms with Crippen LogP contribution < -0.4 is 5.32 Å². The first-order valence-corrected chi connectivity index (χ1v) is 3.86. The van der Waals surface area contributed by atoms with Crippen LogP contribution in [0.25, 0.3) is 0 Å². The third-order valence-electron chi connectivity index (χ3n) is 0.909. The molecule has 0 radical (unpaired) electrons. The maximum absolute atomic E-state index is 10.5. The largest absolute Gasteiger partial charge is 0.379 e. The molecule has 10 heavy (non-hydrogen) atoms. The van der Waals surface area contributed by atoms with E-state index in [2.05, 4.69) is 11.9 Å². The Labute approximate surface area is 65.1 Å². The van der Waals surface area contributed by atoms with Crippen molar-refractivity contribution in [2.75, 3.05) is 26.3 Å². The van der Waals surface area contributed by atoms with Gasteiger partial charge >= 0.3 is 0 Å². The predicted molar refractivity (Wildman–Crippen MR) is 42.6 cm³/mol. The fourth-order valence-corrected chi connectivity index (χ4v) is 0.516. The molecule has 0 bridgehead atoms. The van der Waals surface area contributed by atoms with Gasteiger partial charge in [-0.2, -0.15) is 3.89 Å². The van der Waals surface area contributed by atoms with Gasteiger partial charge in [0.2, 0.25) is 0 Å². The van der Waals surface area contributed by atoms with Gasteiger partial charge in [-0.05, 0) is 5.41 Å². The van der Waals surface area contributed by atoms with Crippen LogP contribution in [0.15, 0.2) is 12.0 Å². The Bertz CT molecular complexity index is 66.6. The average Bonchev–Trinajstić information content (AvgIpc) is 2.08. The van der Waals surface area contributed by atoms with Gasteiger partial charge in [-0.15, -0.1) is 0 Å². The molecule has 60 valence electrons. The number of hydrogen-bond acceptors (Lipinski definition) is 3. The number of halogens is 1. The van der Waals surface area contributed by atoms with E-state index >= 15 is 0 Å². The standard InChI is InChI=1S/C4H9NO.C2H3FS/c1-3-6-4-2-5-1;1-2-4-3/h5H,1-4H2;2H,1H2. The lowest BCUT2D eigenvalue weighted by atomic mass is 10.5. The van der Waals surface area contributed by atoms with Crippen molar-refractivity contribution < 1.29 is 8.62 Å². The Kier molecular flexibility index (Phi) is 8.89. The van der Waals surface area contributed by atoms with Gasteiger partial charge in [-0.25, -0.2) is 0 Å². The quantitative estimate of drug-likeness (QED) is 0.633. The van der Waals surface area contributed by atoms with Gasteiger partial charge in [-0.1, -0.05) is 6.58 Å². The number of morpholine rings is 1. The molecule has 1 heterocycles. The van der Waals surface area contributed by atoms with Crippen LogP contribution in [0, 0.1) is 0 Å². The van der Waals surface area contributed by atoms with Crippen molar-refractivity contribution in [3.63, 3.8) is 0 Å². The molecule has 1 N–H and O–H groups in total. The maximum Gasteiger partial charge on any atom is 0.0726 e. The van der Waals surface area contributed by atoms with Gasteiger partial charge in [-0.3, -0.25) is 0 Å². The average molecular weight is 165 g/mol. The van der Waals surface area contributed by atoms with Gasteiger partial charge in [0.15, 0.2) is 0 Å². The molecular formula is C6H12FNOS. The fraction of sp³-hybridized carbons (Fsp3) is 0.667. The number of hydrogen-bond donors (Lipinski definition) is 1. The molecule has 0 atom stereocenters. The minimum atomic E-state index is 0.120. The topological polar surface area (TPSA) is 21.3 Å². The molecule has 0 aliphatic carbocycles. The fourth-order valence-electron chi connectivity index (χ4n) is 0.516. The second-order valence-corrected chi connectivity index (χ2v) is 2.13. The molecular weight excluding hydrogens is 153 g/mol. The van der Waals surface area contributed by atoms with E-state index in [9.17, 15) is 3.89 Å². The molecule has 1 aliphatic heterocycles. The van der Waals surface area contributed by atoms with E-state index in [1.54, 1.807) is 0 Å². The first kappa shape index (κ1) is 9.94. The molecule has 1 fully saturated rings. The summed E-state index contributed by atoms with van der Waals surface area (Å²) >= 11 is 0.120. The summed E-state index contributed by atoms with van der Waals surface area (Å²) in [7, 11) is 0. The van der Waals surface area contributed by atoms with Crippen LogP contribution in [0.1, 0.15) is 0 Å². The zero-order chi connectivity index (χ0) is 7.66. The van der Waals surface area contributed by atoms with Crippen LogP contribution in [0.2, 0.25) is 0 Å². The summed E-state index contributed by atoms with van der Waals surface area (Å²) < 4.78 is 15.5. The van der Waals surface area contributed by atoms with E-state index in [0.717, 1.165) is 31.7 Å². The molecule has 1 aliphatic rings. The molecule has 0 amide bonds. The van der Waals surface area contributed by atoms with Gasteiger partial charge in [0.25, 0.3) is 0 Å². The van der Waals surface area contributed by atoms with Crippen molar-refractivity contribution in [3.8, 4) is 0 Å². The van der Waals surface area contributed by atoms with E-state index in [0.29, 0.717) is 0 Å². The van der Waals surface area contributed by atoms with Crippen molar-refractivity contribution in [1.82, 2.24) is 5.32 Å². The van der Waals surface area contributed by atoms with Crippen LogP contribution in [0.5, 0.6) is 0 Å². The van der Waals surface area contributed by atoms with E-state index in [1.807, 2.05) is 0 Å². The summed E-state index contributed by atoms with van der Waals surface area (Å²) in [5, 5.41) is 4.28. The molecule has 0 saturated carbocycles. The second-order valence-electron chi connectivity index (χ2n) is 1.62. The predicted octanol–water partition coefficient (Wildman–Crippen LogP) is 1.35. The molecule has 1 saturated heterocycles. The molecule has 0 aromatic heterocycles. The Morgan fingerprint density at radius 1 is 1.50 bits per heavy atom. The summed E-state index contributed by atoms with van der Waals surface area (Å²) in [5.41, 5.74) is 0. The van der Waals surface area contributed by atoms with Crippen molar-refractivity contribution in [3.05, 3.63) is 12.0 Å². The SMILES string of the molecule is C1COCCN1.C=CSF. The number of ether oxygens (including phenoxy) is 1. The highest BCUT2D eigenvalue weighted by molar-refractivity contribution is 7.97. The Morgan fingerprint density at radius 3 is 2.10 bits per heavy atom. The lowest BCUT2D eigenvalue weighted by Crippen LogP contribution is -2.30. The minimum Gasteiger partial charge on any atom is -0.379 e. The Hall–Kier alpha value is -0.0600. The zero-order valence-corrected chi connectivity index (χ0v) is 6.62. The van der Waals surface area contributed by atoms with Crippen LogP contribution in [-0.4, -0.2) is 26.3 Å². The lowest BCUT2D eigenvalue weighted by molar-refractivity contribution is 0.109. The van der Waals surface area contributed by atoms with Gasteiger partial charge in [0.1, 0.15) is 0 Å². The first-order chi connectivity index (χ1) is 4.91. The van der Waals surface area contributed by atoms with Crippen molar-refractivity contribution in [1.29, 1.82) is 0 Å². The monoisotopic (exact) mass is 165 g/mol. The van der Waals surface area contributed by atoms with E-state index in [4.69, 9.17) is 4.74 Å². The smallest absolute Gasteiger partial charge is 0.0726 e. The maximum atomic E-state index is 10.5. The van der Waals surface area contributed by atoms with Crippen LogP contribution in [0.3, 0.4) is 0 Å². The van der Waals surface area contributed by atoms with Crippen molar-refractivity contribution in [2.24, 2.45) is 0 Å². The molecule has 4 heteroatoms. The number of nitrogens with one attached hydrogen (secondary N) is 1. The van der Waals surface area contributed by atoms with Gasteiger partial charge in [0, 0.05) is 13.1 Å². The minimum absolute atomic E-state index is 0.120. The Balaban J connectivity index is 0.000000180. The molecule has 2 nitrogen and oxygen atoms in total. The molecule has 1 rings (SSSR count). The van der Waals surface area contributed by atoms with Crippen molar-refractivity contribution in [2.45, 2.75) is 0 Å². The third-order valence-corrected chi connectivity index (χ3v) is 1.04. The molecule has 0 unspecified atom stereocenters. The summed E-state index contributed by atoms with van der Waals surface area (Å²) in [4.78, 5) is 0. The normalized spacial score (nSPS) is 16.9. The van der Waals surface area contributed by atoms with Gasteiger partial charge in [0.05, 0.1) is 25.4 Å². The van der Waals surface area contributed by atoms with Crippen molar-refractivity contribution >= 4 is 12.1 Å². The second kappa shape index (κ2) is 8.94.